The molecule has 0 radical (unpaired) electrons. The highest BCUT2D eigenvalue weighted by atomic mass is 16.5. The van der Waals surface area contributed by atoms with Gasteiger partial charge in [0.15, 0.2) is 0 Å². The van der Waals surface area contributed by atoms with Crippen molar-refractivity contribution in [2.45, 2.75) is 52.4 Å². The molecule has 2 aromatic rings. The lowest BCUT2D eigenvalue weighted by molar-refractivity contribution is 0.406. The Morgan fingerprint density at radius 2 is 1.65 bits per heavy atom. The van der Waals surface area contributed by atoms with Gasteiger partial charge in [0.2, 0.25) is 0 Å². The minimum Gasteiger partial charge on any atom is -0.497 e. The van der Waals surface area contributed by atoms with Gasteiger partial charge in [-0.05, 0) is 42.7 Å². The summed E-state index contributed by atoms with van der Waals surface area (Å²) in [6, 6.07) is 15.5. The van der Waals surface area contributed by atoms with Crippen LogP contribution < -0.4 is 20.1 Å². The maximum Gasteiger partial charge on any atom is 0.123 e. The van der Waals surface area contributed by atoms with Crippen LogP contribution in [-0.4, -0.2) is 26.3 Å². The van der Waals surface area contributed by atoms with E-state index in [-0.39, 0.29) is 0 Å². The van der Waals surface area contributed by atoms with Gasteiger partial charge in [-0.1, -0.05) is 38.1 Å². The van der Waals surface area contributed by atoms with Crippen molar-refractivity contribution in [3.05, 3.63) is 59.2 Å². The zero-order valence-electron chi connectivity index (χ0n) is 16.6. The summed E-state index contributed by atoms with van der Waals surface area (Å²) >= 11 is 0. The first kappa shape index (κ1) is 20.3. The van der Waals surface area contributed by atoms with Crippen LogP contribution in [0.1, 0.15) is 37.5 Å². The predicted octanol–water partition coefficient (Wildman–Crippen LogP) is 3.92. The van der Waals surface area contributed by atoms with Gasteiger partial charge in [-0.25, -0.2) is 0 Å². The van der Waals surface area contributed by atoms with Crippen LogP contribution >= 0.6 is 0 Å². The van der Waals surface area contributed by atoms with E-state index >= 15 is 0 Å². The number of rotatable bonds is 10. The lowest BCUT2D eigenvalue weighted by Gasteiger charge is -2.17. The maximum absolute atomic E-state index is 5.50. The average Bonchev–Trinajstić information content (AvgIpc) is 2.65. The molecule has 1 atom stereocenters. The lowest BCUT2D eigenvalue weighted by Crippen LogP contribution is -2.27. The molecule has 0 aromatic heterocycles. The Hall–Kier alpha value is -2.04. The first-order valence-corrected chi connectivity index (χ1v) is 9.27. The molecule has 0 aliphatic carbocycles. The van der Waals surface area contributed by atoms with Crippen molar-refractivity contribution in [2.75, 3.05) is 14.2 Å². The molecule has 1 unspecified atom stereocenters. The average molecular weight is 357 g/mol. The summed E-state index contributed by atoms with van der Waals surface area (Å²) in [7, 11) is 3.43. The van der Waals surface area contributed by atoms with Crippen molar-refractivity contribution >= 4 is 0 Å². The summed E-state index contributed by atoms with van der Waals surface area (Å²) in [5.74, 6) is 1.84. The third-order valence-corrected chi connectivity index (χ3v) is 4.38. The molecule has 2 N–H and O–H groups in total. The Labute approximate surface area is 157 Å². The zero-order chi connectivity index (χ0) is 18.9. The van der Waals surface area contributed by atoms with Crippen LogP contribution in [0.5, 0.6) is 11.5 Å². The van der Waals surface area contributed by atoms with Crippen molar-refractivity contribution in [2.24, 2.45) is 0 Å². The third kappa shape index (κ3) is 6.36. The molecule has 0 heterocycles. The minimum atomic E-state index is 0.375. The Morgan fingerprint density at radius 1 is 0.846 bits per heavy atom. The molecule has 0 saturated heterocycles. The molecule has 4 nitrogen and oxygen atoms in total. The predicted molar refractivity (Wildman–Crippen MR) is 108 cm³/mol. The van der Waals surface area contributed by atoms with E-state index < -0.39 is 0 Å². The molecular formula is C22H32N2O2. The van der Waals surface area contributed by atoms with Crippen LogP contribution in [0.25, 0.3) is 0 Å². The van der Waals surface area contributed by atoms with Crippen molar-refractivity contribution in [3.63, 3.8) is 0 Å². The molecular weight excluding hydrogens is 324 g/mol. The zero-order valence-corrected chi connectivity index (χ0v) is 16.6. The molecule has 0 fully saturated rings. The Morgan fingerprint density at radius 3 is 2.35 bits per heavy atom. The minimum absolute atomic E-state index is 0.375. The molecule has 0 aliphatic rings. The standard InChI is InChI=1S/C22H32N2O2/c1-16(2)23-15-20-12-18(9-10-22(20)26-5)11-17(3)24-14-19-7-6-8-21(13-19)25-4/h6-10,12-13,16-17,23-24H,11,14-15H2,1-5H3. The number of hydrogen-bond acceptors (Lipinski definition) is 4. The molecule has 2 rings (SSSR count). The van der Waals surface area contributed by atoms with Crippen LogP contribution in [0.15, 0.2) is 42.5 Å². The van der Waals surface area contributed by atoms with Crippen LogP contribution in [-0.2, 0) is 19.5 Å². The van der Waals surface area contributed by atoms with E-state index in [1.165, 1.54) is 16.7 Å². The number of hydrogen-bond donors (Lipinski definition) is 2. The first-order chi connectivity index (χ1) is 12.5. The van der Waals surface area contributed by atoms with Gasteiger partial charge in [0, 0.05) is 30.7 Å². The SMILES string of the molecule is COc1cccc(CNC(C)Cc2ccc(OC)c(CNC(C)C)c2)c1. The second-order valence-electron chi connectivity index (χ2n) is 7.02. The van der Waals surface area contributed by atoms with E-state index in [0.717, 1.165) is 31.0 Å². The Balaban J connectivity index is 1.94. The van der Waals surface area contributed by atoms with E-state index in [1.807, 2.05) is 12.1 Å². The van der Waals surface area contributed by atoms with Crippen molar-refractivity contribution in [3.8, 4) is 11.5 Å². The molecule has 0 bridgehead atoms. The molecule has 26 heavy (non-hydrogen) atoms. The number of benzene rings is 2. The van der Waals surface area contributed by atoms with Crippen LogP contribution in [0, 0.1) is 0 Å². The lowest BCUT2D eigenvalue weighted by atomic mass is 10.0. The maximum atomic E-state index is 5.50. The normalized spacial score (nSPS) is 12.2. The van der Waals surface area contributed by atoms with Gasteiger partial charge in [-0.2, -0.15) is 0 Å². The molecule has 4 heteroatoms. The quantitative estimate of drug-likeness (QED) is 0.677. The fraction of sp³-hybridized carbons (Fsp3) is 0.455. The topological polar surface area (TPSA) is 42.5 Å². The van der Waals surface area contributed by atoms with Gasteiger partial charge in [0.1, 0.15) is 11.5 Å². The molecule has 142 valence electrons. The second kappa shape index (κ2) is 10.2. The number of ether oxygens (including phenoxy) is 2. The van der Waals surface area contributed by atoms with Crippen molar-refractivity contribution in [1.29, 1.82) is 0 Å². The summed E-state index contributed by atoms with van der Waals surface area (Å²) < 4.78 is 10.8. The monoisotopic (exact) mass is 356 g/mol. The summed E-state index contributed by atoms with van der Waals surface area (Å²) in [5.41, 5.74) is 3.75. The fourth-order valence-electron chi connectivity index (χ4n) is 2.91. The summed E-state index contributed by atoms with van der Waals surface area (Å²) in [4.78, 5) is 0. The van der Waals surface area contributed by atoms with Crippen molar-refractivity contribution < 1.29 is 9.47 Å². The number of nitrogens with one attached hydrogen (secondary N) is 2. The van der Waals surface area contributed by atoms with Crippen LogP contribution in [0.4, 0.5) is 0 Å². The van der Waals surface area contributed by atoms with Gasteiger partial charge in [-0.3, -0.25) is 0 Å². The fourth-order valence-corrected chi connectivity index (χ4v) is 2.91. The molecule has 0 amide bonds. The summed E-state index contributed by atoms with van der Waals surface area (Å²) in [6.07, 6.45) is 0.975. The van der Waals surface area contributed by atoms with Gasteiger partial charge >= 0.3 is 0 Å². The van der Waals surface area contributed by atoms with E-state index in [0.29, 0.717) is 12.1 Å². The van der Waals surface area contributed by atoms with Crippen molar-refractivity contribution in [1.82, 2.24) is 10.6 Å². The smallest absolute Gasteiger partial charge is 0.123 e. The van der Waals surface area contributed by atoms with E-state index in [4.69, 9.17) is 9.47 Å². The molecule has 0 saturated carbocycles. The van der Waals surface area contributed by atoms with E-state index in [2.05, 4.69) is 61.7 Å². The van der Waals surface area contributed by atoms with E-state index in [1.54, 1.807) is 14.2 Å². The highest BCUT2D eigenvalue weighted by Gasteiger charge is 2.09. The van der Waals surface area contributed by atoms with Gasteiger partial charge in [0.25, 0.3) is 0 Å². The van der Waals surface area contributed by atoms with Gasteiger partial charge in [0.05, 0.1) is 14.2 Å². The summed E-state index contributed by atoms with van der Waals surface area (Å²) in [6.45, 7) is 8.18. The molecule has 0 aliphatic heterocycles. The highest BCUT2D eigenvalue weighted by Crippen LogP contribution is 2.21. The summed E-state index contributed by atoms with van der Waals surface area (Å²) in [5, 5.41) is 7.06. The first-order valence-electron chi connectivity index (χ1n) is 9.27. The Kier molecular flexibility index (Phi) is 7.95. The second-order valence-corrected chi connectivity index (χ2v) is 7.02. The Bertz CT molecular complexity index is 686. The van der Waals surface area contributed by atoms with Gasteiger partial charge < -0.3 is 20.1 Å². The largest absolute Gasteiger partial charge is 0.497 e. The third-order valence-electron chi connectivity index (χ3n) is 4.38. The molecule has 2 aromatic carbocycles. The van der Waals surface area contributed by atoms with Crippen LogP contribution in [0.3, 0.4) is 0 Å². The molecule has 0 spiro atoms. The van der Waals surface area contributed by atoms with E-state index in [9.17, 15) is 0 Å². The van der Waals surface area contributed by atoms with Gasteiger partial charge in [-0.15, -0.1) is 0 Å². The van der Waals surface area contributed by atoms with Crippen LogP contribution in [0.2, 0.25) is 0 Å². The highest BCUT2D eigenvalue weighted by molar-refractivity contribution is 5.37. The number of methoxy groups -OCH3 is 2.